The summed E-state index contributed by atoms with van der Waals surface area (Å²) in [6, 6.07) is 3.50. The van der Waals surface area contributed by atoms with Crippen LogP contribution in [-0.4, -0.2) is 43.3 Å². The van der Waals surface area contributed by atoms with Gasteiger partial charge >= 0.3 is 0 Å². The summed E-state index contributed by atoms with van der Waals surface area (Å²) < 4.78 is 26.4. The molecule has 9 heteroatoms. The molecule has 0 saturated carbocycles. The fourth-order valence-corrected chi connectivity index (χ4v) is 2.94. The van der Waals surface area contributed by atoms with E-state index < -0.39 is 34.7 Å². The van der Waals surface area contributed by atoms with E-state index in [1.807, 2.05) is 0 Å². The monoisotopic (exact) mass is 303 g/mol. The van der Waals surface area contributed by atoms with Gasteiger partial charge in [-0.25, -0.2) is 13.1 Å². The third-order valence-corrected chi connectivity index (χ3v) is 4.37. The molecule has 0 fully saturated rings. The van der Waals surface area contributed by atoms with Crippen molar-refractivity contribution in [2.45, 2.75) is 17.4 Å². The van der Waals surface area contributed by atoms with Gasteiger partial charge in [-0.05, 0) is 25.1 Å². The summed E-state index contributed by atoms with van der Waals surface area (Å²) >= 11 is 0. The lowest BCUT2D eigenvalue weighted by Crippen LogP contribution is -2.51. The fraction of sp³-hybridized carbons (Fsp3) is 0.364. The summed E-state index contributed by atoms with van der Waals surface area (Å²) in [5.41, 5.74) is 9.15. The summed E-state index contributed by atoms with van der Waals surface area (Å²) in [5.74, 6) is -0.732. The highest BCUT2D eigenvalue weighted by atomic mass is 32.2. The Bertz CT molecular complexity index is 610. The molecule has 0 unspecified atom stereocenters. The first-order valence-electron chi connectivity index (χ1n) is 5.60. The molecule has 0 bridgehead atoms. The number of benzene rings is 1. The highest BCUT2D eigenvalue weighted by Crippen LogP contribution is 2.21. The highest BCUT2D eigenvalue weighted by Gasteiger charge is 2.30. The summed E-state index contributed by atoms with van der Waals surface area (Å²) in [5, 5.41) is 18.2. The van der Waals surface area contributed by atoms with Gasteiger partial charge in [0.1, 0.15) is 4.90 Å². The summed E-state index contributed by atoms with van der Waals surface area (Å²) in [6.07, 6.45) is 0. The fourth-order valence-electron chi connectivity index (χ4n) is 1.44. The molecule has 1 aromatic rings. The predicted octanol–water partition coefficient (Wildman–Crippen LogP) is -1.61. The van der Waals surface area contributed by atoms with Crippen molar-refractivity contribution < 1.29 is 23.4 Å². The van der Waals surface area contributed by atoms with E-state index in [0.717, 1.165) is 12.1 Å². The van der Waals surface area contributed by atoms with Crippen LogP contribution in [0.2, 0.25) is 0 Å². The number of aliphatic hydroxyl groups excluding tert-OH is 2. The smallest absolute Gasteiger partial charge is 0.248 e. The largest absolute Gasteiger partial charge is 0.398 e. The zero-order valence-corrected chi connectivity index (χ0v) is 11.6. The molecule has 0 aliphatic carbocycles. The molecule has 0 heterocycles. The van der Waals surface area contributed by atoms with Gasteiger partial charge in [0.05, 0.1) is 24.4 Å². The quantitative estimate of drug-likeness (QED) is 0.398. The summed E-state index contributed by atoms with van der Waals surface area (Å²) in [7, 11) is -4.06. The van der Waals surface area contributed by atoms with Crippen molar-refractivity contribution in [2.24, 2.45) is 5.73 Å². The average molecular weight is 303 g/mol. The molecular formula is C11H17N3O5S. The molecule has 0 aliphatic heterocycles. The number of hydrogen-bond acceptors (Lipinski definition) is 6. The summed E-state index contributed by atoms with van der Waals surface area (Å²) in [4.78, 5) is 10.7. The number of sulfonamides is 1. The number of amides is 1. The van der Waals surface area contributed by atoms with Crippen LogP contribution in [0.5, 0.6) is 0 Å². The Balaban J connectivity index is 3.20. The second-order valence-electron chi connectivity index (χ2n) is 4.60. The van der Waals surface area contributed by atoms with Crippen LogP contribution in [0.3, 0.4) is 0 Å². The van der Waals surface area contributed by atoms with Gasteiger partial charge in [0.15, 0.2) is 0 Å². The lowest BCUT2D eigenvalue weighted by Gasteiger charge is -2.26. The van der Waals surface area contributed by atoms with Crippen LogP contribution in [0.4, 0.5) is 5.69 Å². The Morgan fingerprint density at radius 2 is 1.90 bits per heavy atom. The number of rotatable bonds is 6. The molecular weight excluding hydrogens is 286 g/mol. The van der Waals surface area contributed by atoms with Gasteiger partial charge in [-0.1, -0.05) is 0 Å². The zero-order chi connectivity index (χ0) is 15.6. The van der Waals surface area contributed by atoms with Crippen molar-refractivity contribution in [3.05, 3.63) is 23.8 Å². The van der Waals surface area contributed by atoms with E-state index in [4.69, 9.17) is 21.7 Å². The minimum Gasteiger partial charge on any atom is -0.398 e. The molecule has 0 atom stereocenters. The molecule has 1 amide bonds. The molecule has 1 rings (SSSR count). The minimum atomic E-state index is -4.06. The van der Waals surface area contributed by atoms with E-state index in [1.54, 1.807) is 0 Å². The number of primary amides is 1. The number of anilines is 1. The third kappa shape index (κ3) is 3.45. The molecule has 8 nitrogen and oxygen atoms in total. The van der Waals surface area contributed by atoms with Crippen molar-refractivity contribution in [3.8, 4) is 0 Å². The summed E-state index contributed by atoms with van der Waals surface area (Å²) in [6.45, 7) is 0.141. The molecule has 7 N–H and O–H groups in total. The topological polar surface area (TPSA) is 156 Å². The maximum Gasteiger partial charge on any atom is 0.248 e. The van der Waals surface area contributed by atoms with Crippen molar-refractivity contribution in [3.63, 3.8) is 0 Å². The molecule has 0 aliphatic rings. The number of nitrogens with two attached hydrogens (primary N) is 2. The number of carbonyl (C=O) groups excluding carboxylic acids is 1. The molecule has 112 valence electrons. The Morgan fingerprint density at radius 3 is 2.30 bits per heavy atom. The van der Waals surface area contributed by atoms with Gasteiger partial charge in [-0.15, -0.1) is 0 Å². The predicted molar refractivity (Wildman–Crippen MR) is 72.3 cm³/mol. The lowest BCUT2D eigenvalue weighted by atomic mass is 10.1. The van der Waals surface area contributed by atoms with Crippen molar-refractivity contribution in [1.29, 1.82) is 0 Å². The van der Waals surface area contributed by atoms with Gasteiger partial charge in [0, 0.05) is 5.56 Å². The average Bonchev–Trinajstić information content (AvgIpc) is 2.37. The first-order valence-corrected chi connectivity index (χ1v) is 7.08. The molecule has 0 spiro atoms. The first kappa shape index (κ1) is 16.4. The molecule has 20 heavy (non-hydrogen) atoms. The molecule has 0 aromatic heterocycles. The standard InChI is InChI=1S/C11H17N3O5S/c1-11(5-15,6-16)14-20(18,19)9-3-2-7(10(13)17)4-8(9)12/h2-4,14-16H,5-6,12H2,1H3,(H2,13,17). The van der Waals surface area contributed by atoms with Crippen LogP contribution in [0.25, 0.3) is 0 Å². The van der Waals surface area contributed by atoms with Crippen LogP contribution >= 0.6 is 0 Å². The van der Waals surface area contributed by atoms with E-state index in [2.05, 4.69) is 4.72 Å². The maximum atomic E-state index is 12.1. The molecule has 0 saturated heterocycles. The number of nitrogens with one attached hydrogen (secondary N) is 1. The van der Waals surface area contributed by atoms with Gasteiger partial charge < -0.3 is 21.7 Å². The van der Waals surface area contributed by atoms with Gasteiger partial charge in [-0.2, -0.15) is 0 Å². The van der Waals surface area contributed by atoms with Crippen molar-refractivity contribution >= 4 is 21.6 Å². The second kappa shape index (κ2) is 5.75. The van der Waals surface area contributed by atoms with Gasteiger partial charge in [-0.3, -0.25) is 4.79 Å². The van der Waals surface area contributed by atoms with Crippen molar-refractivity contribution in [1.82, 2.24) is 4.72 Å². The second-order valence-corrected chi connectivity index (χ2v) is 6.25. The van der Waals surface area contributed by atoms with E-state index in [0.29, 0.717) is 0 Å². The number of aliphatic hydroxyl groups is 2. The van der Waals surface area contributed by atoms with Gasteiger partial charge in [0.25, 0.3) is 0 Å². The number of carbonyl (C=O) groups is 1. The van der Waals surface area contributed by atoms with Crippen LogP contribution in [-0.2, 0) is 10.0 Å². The van der Waals surface area contributed by atoms with Crippen LogP contribution in [0.1, 0.15) is 17.3 Å². The Hall–Kier alpha value is -1.68. The highest BCUT2D eigenvalue weighted by molar-refractivity contribution is 7.89. The van der Waals surface area contributed by atoms with E-state index in [-0.39, 0.29) is 16.1 Å². The normalized spacial score (nSPS) is 12.3. The molecule has 0 radical (unpaired) electrons. The minimum absolute atomic E-state index is 0.0773. The van der Waals surface area contributed by atoms with Crippen LogP contribution in [0, 0.1) is 0 Å². The van der Waals surface area contributed by atoms with Crippen LogP contribution < -0.4 is 16.2 Å². The lowest BCUT2D eigenvalue weighted by molar-refractivity contribution is 0.1000. The Labute approximate surface area is 116 Å². The van der Waals surface area contributed by atoms with Crippen molar-refractivity contribution in [2.75, 3.05) is 18.9 Å². The number of hydrogen-bond donors (Lipinski definition) is 5. The zero-order valence-electron chi connectivity index (χ0n) is 10.8. The SMILES string of the molecule is CC(CO)(CO)NS(=O)(=O)c1ccc(C(N)=O)cc1N. The Kier molecular flexibility index (Phi) is 4.71. The van der Waals surface area contributed by atoms with E-state index in [9.17, 15) is 13.2 Å². The first-order chi connectivity index (χ1) is 9.15. The third-order valence-electron chi connectivity index (χ3n) is 2.66. The van der Waals surface area contributed by atoms with Crippen LogP contribution in [0.15, 0.2) is 23.1 Å². The number of nitrogen functional groups attached to an aromatic ring is 1. The van der Waals surface area contributed by atoms with E-state index in [1.165, 1.54) is 13.0 Å². The van der Waals surface area contributed by atoms with Gasteiger partial charge in [0.2, 0.25) is 15.9 Å². The molecule has 1 aromatic carbocycles. The Morgan fingerprint density at radius 1 is 1.35 bits per heavy atom. The van der Waals surface area contributed by atoms with E-state index >= 15 is 0 Å². The maximum absolute atomic E-state index is 12.1.